The van der Waals surface area contributed by atoms with E-state index in [1.807, 2.05) is 0 Å². The van der Waals surface area contributed by atoms with E-state index in [0.717, 1.165) is 11.8 Å². The minimum Gasteiger partial charge on any atom is -0.324 e. The van der Waals surface area contributed by atoms with Crippen LogP contribution in [-0.4, -0.2) is 21.6 Å². The second-order valence-electron chi connectivity index (χ2n) is 5.33. The van der Waals surface area contributed by atoms with Gasteiger partial charge < -0.3 is 5.32 Å². The molecule has 2 aromatic carbocycles. The molecule has 0 saturated carbocycles. The van der Waals surface area contributed by atoms with E-state index < -0.39 is 17.9 Å². The summed E-state index contributed by atoms with van der Waals surface area (Å²) in [5.41, 5.74) is 0.471. The Hall–Kier alpha value is -2.03. The van der Waals surface area contributed by atoms with Gasteiger partial charge in [0.05, 0.1) is 22.0 Å². The van der Waals surface area contributed by atoms with E-state index in [9.17, 15) is 18.0 Å². The molecule has 0 aliphatic heterocycles. The molecule has 140 valence electrons. The Bertz CT molecular complexity index is 1010. The van der Waals surface area contributed by atoms with Crippen LogP contribution in [0.4, 0.5) is 18.9 Å². The maximum atomic E-state index is 13.0. The molecule has 1 N–H and O–H groups in total. The van der Waals surface area contributed by atoms with Crippen LogP contribution < -0.4 is 5.32 Å². The minimum atomic E-state index is -4.68. The Morgan fingerprint density at radius 3 is 2.59 bits per heavy atom. The number of nitrogens with one attached hydrogen (secondary N) is 1. The fourth-order valence-corrected chi connectivity index (χ4v) is 3.35. The summed E-state index contributed by atoms with van der Waals surface area (Å²) in [5, 5.41) is 3.76. The van der Waals surface area contributed by atoms with E-state index in [4.69, 9.17) is 23.2 Å². The van der Waals surface area contributed by atoms with E-state index in [1.165, 1.54) is 18.2 Å². The first kappa shape index (κ1) is 19.7. The van der Waals surface area contributed by atoms with Crippen molar-refractivity contribution in [3.8, 4) is 0 Å². The van der Waals surface area contributed by atoms with E-state index in [0.29, 0.717) is 21.1 Å². The number of alkyl halides is 3. The molecule has 10 heteroatoms. The summed E-state index contributed by atoms with van der Waals surface area (Å²) in [7, 11) is 0. The predicted molar refractivity (Wildman–Crippen MR) is 100 cm³/mol. The molecule has 1 heterocycles. The number of benzene rings is 2. The van der Waals surface area contributed by atoms with E-state index in [-0.39, 0.29) is 16.3 Å². The number of para-hydroxylation sites is 1. The summed E-state index contributed by atoms with van der Waals surface area (Å²) in [5.74, 6) is -1.87. The van der Waals surface area contributed by atoms with Gasteiger partial charge in [0.1, 0.15) is 5.03 Å². The van der Waals surface area contributed by atoms with Gasteiger partial charge in [-0.3, -0.25) is 4.79 Å². The second kappa shape index (κ2) is 7.92. The lowest BCUT2D eigenvalue weighted by Gasteiger charge is -2.11. The molecule has 27 heavy (non-hydrogen) atoms. The number of hydrogen-bond acceptors (Lipinski definition) is 4. The van der Waals surface area contributed by atoms with Crippen LogP contribution in [0.5, 0.6) is 0 Å². The lowest BCUT2D eigenvalue weighted by atomic mass is 10.2. The highest BCUT2D eigenvalue weighted by molar-refractivity contribution is 8.00. The Morgan fingerprint density at radius 2 is 1.85 bits per heavy atom. The fourth-order valence-electron chi connectivity index (χ4n) is 2.20. The van der Waals surface area contributed by atoms with Gasteiger partial charge in [-0.1, -0.05) is 53.2 Å². The summed E-state index contributed by atoms with van der Waals surface area (Å²) < 4.78 is 39.1. The van der Waals surface area contributed by atoms with Crippen molar-refractivity contribution >= 4 is 57.5 Å². The zero-order valence-corrected chi connectivity index (χ0v) is 15.7. The van der Waals surface area contributed by atoms with Crippen molar-refractivity contribution in [1.82, 2.24) is 9.97 Å². The molecule has 3 aromatic rings. The predicted octanol–water partition coefficient (Wildman–Crippen LogP) is 5.69. The lowest BCUT2D eigenvalue weighted by Crippen LogP contribution is -2.15. The largest absolute Gasteiger partial charge is 0.451 e. The van der Waals surface area contributed by atoms with Crippen molar-refractivity contribution in [2.45, 2.75) is 11.2 Å². The van der Waals surface area contributed by atoms with Crippen LogP contribution in [0, 0.1) is 0 Å². The Kier molecular flexibility index (Phi) is 5.78. The van der Waals surface area contributed by atoms with E-state index in [2.05, 4.69) is 15.3 Å². The molecular formula is C17H10Cl2F3N3OS. The van der Waals surface area contributed by atoms with Gasteiger partial charge in [-0.25, -0.2) is 9.97 Å². The number of aromatic nitrogens is 2. The maximum Gasteiger partial charge on any atom is 0.451 e. The molecule has 0 aliphatic carbocycles. The third-order valence-electron chi connectivity index (χ3n) is 3.36. The molecule has 0 spiro atoms. The number of carbonyl (C=O) groups is 1. The van der Waals surface area contributed by atoms with Gasteiger partial charge in [-0.15, -0.1) is 0 Å². The van der Waals surface area contributed by atoms with Crippen molar-refractivity contribution in [2.24, 2.45) is 0 Å². The van der Waals surface area contributed by atoms with Crippen molar-refractivity contribution in [2.75, 3.05) is 11.1 Å². The number of nitrogens with zero attached hydrogens (tertiary/aromatic N) is 2. The normalized spacial score (nSPS) is 11.6. The van der Waals surface area contributed by atoms with Gasteiger partial charge in [-0.2, -0.15) is 13.2 Å². The van der Waals surface area contributed by atoms with Gasteiger partial charge in [-0.05, 0) is 24.3 Å². The van der Waals surface area contributed by atoms with Crippen molar-refractivity contribution in [3.05, 3.63) is 58.3 Å². The van der Waals surface area contributed by atoms with Gasteiger partial charge in [0, 0.05) is 10.4 Å². The summed E-state index contributed by atoms with van der Waals surface area (Å²) in [6.07, 6.45) is -4.68. The molecule has 0 atom stereocenters. The van der Waals surface area contributed by atoms with Crippen LogP contribution in [0.25, 0.3) is 10.9 Å². The van der Waals surface area contributed by atoms with Crippen LogP contribution >= 0.6 is 35.0 Å². The monoisotopic (exact) mass is 431 g/mol. The molecule has 4 nitrogen and oxygen atoms in total. The van der Waals surface area contributed by atoms with Crippen molar-refractivity contribution < 1.29 is 18.0 Å². The molecule has 0 aliphatic rings. The quantitative estimate of drug-likeness (QED) is 0.426. The number of fused-ring (bicyclic) bond motifs is 1. The van der Waals surface area contributed by atoms with Crippen LogP contribution in [0.3, 0.4) is 0 Å². The lowest BCUT2D eigenvalue weighted by molar-refractivity contribution is -0.145. The van der Waals surface area contributed by atoms with Crippen LogP contribution in [0.2, 0.25) is 10.0 Å². The third kappa shape index (κ3) is 4.82. The summed E-state index contributed by atoms with van der Waals surface area (Å²) in [6.45, 7) is 0. The summed E-state index contributed by atoms with van der Waals surface area (Å²) in [6, 6.07) is 10.9. The Balaban J connectivity index is 1.82. The standard InChI is InChI=1S/C17H10Cl2F3N3OS/c18-9-5-6-11(19)13(7-9)23-14(26)8-27-15-10-3-1-2-4-12(10)24-16(25-15)17(20,21)22/h1-7H,8H2,(H,23,26). The average Bonchev–Trinajstić information content (AvgIpc) is 2.61. The number of thioether (sulfide) groups is 1. The SMILES string of the molecule is O=C(CSc1nc(C(F)(F)F)nc2ccccc12)Nc1cc(Cl)ccc1Cl. The first-order valence-electron chi connectivity index (χ1n) is 7.46. The first-order chi connectivity index (χ1) is 12.7. The number of halogens is 5. The highest BCUT2D eigenvalue weighted by Crippen LogP contribution is 2.32. The highest BCUT2D eigenvalue weighted by atomic mass is 35.5. The maximum absolute atomic E-state index is 13.0. The van der Waals surface area contributed by atoms with Crippen molar-refractivity contribution in [3.63, 3.8) is 0 Å². The Labute approximate surface area is 166 Å². The zero-order chi connectivity index (χ0) is 19.6. The summed E-state index contributed by atoms with van der Waals surface area (Å²) >= 11 is 12.7. The third-order valence-corrected chi connectivity index (χ3v) is 4.92. The van der Waals surface area contributed by atoms with Crippen LogP contribution in [-0.2, 0) is 11.0 Å². The number of anilines is 1. The molecule has 1 aromatic heterocycles. The van der Waals surface area contributed by atoms with Crippen LogP contribution in [0.15, 0.2) is 47.5 Å². The number of amides is 1. The van der Waals surface area contributed by atoms with Gasteiger partial charge in [0.15, 0.2) is 0 Å². The smallest absolute Gasteiger partial charge is 0.324 e. The highest BCUT2D eigenvalue weighted by Gasteiger charge is 2.35. The number of rotatable bonds is 4. The van der Waals surface area contributed by atoms with Crippen LogP contribution in [0.1, 0.15) is 5.82 Å². The van der Waals surface area contributed by atoms with Gasteiger partial charge in [0.2, 0.25) is 11.7 Å². The molecule has 0 saturated heterocycles. The van der Waals surface area contributed by atoms with Gasteiger partial charge in [0.25, 0.3) is 0 Å². The molecule has 0 unspecified atom stereocenters. The minimum absolute atomic E-state index is 0.0697. The fraction of sp³-hybridized carbons (Fsp3) is 0.118. The molecule has 0 bridgehead atoms. The second-order valence-corrected chi connectivity index (χ2v) is 7.14. The van der Waals surface area contributed by atoms with Crippen molar-refractivity contribution in [1.29, 1.82) is 0 Å². The molecule has 0 fully saturated rings. The Morgan fingerprint density at radius 1 is 1.11 bits per heavy atom. The molecule has 3 rings (SSSR count). The zero-order valence-electron chi connectivity index (χ0n) is 13.3. The van der Waals surface area contributed by atoms with E-state index >= 15 is 0 Å². The topological polar surface area (TPSA) is 54.9 Å². The molecular weight excluding hydrogens is 422 g/mol. The number of hydrogen-bond donors (Lipinski definition) is 1. The first-order valence-corrected chi connectivity index (χ1v) is 9.20. The molecule has 0 radical (unpaired) electrons. The molecule has 1 amide bonds. The van der Waals surface area contributed by atoms with Gasteiger partial charge >= 0.3 is 6.18 Å². The number of carbonyl (C=O) groups excluding carboxylic acids is 1. The van der Waals surface area contributed by atoms with E-state index in [1.54, 1.807) is 24.3 Å². The summed E-state index contributed by atoms with van der Waals surface area (Å²) in [4.78, 5) is 19.3. The average molecular weight is 432 g/mol.